The molecule has 6 nitrogen and oxygen atoms in total. The molecule has 0 unspecified atom stereocenters. The molecule has 2 amide bonds. The topological polar surface area (TPSA) is 61.9 Å². The van der Waals surface area contributed by atoms with E-state index in [1.54, 1.807) is 12.0 Å². The zero-order valence-electron chi connectivity index (χ0n) is 16.8. The summed E-state index contributed by atoms with van der Waals surface area (Å²) in [6.07, 6.45) is 7.97. The largest absolute Gasteiger partial charge is 0.497 e. The van der Waals surface area contributed by atoms with Crippen LogP contribution in [-0.4, -0.2) is 56.5 Å². The van der Waals surface area contributed by atoms with Gasteiger partial charge in [-0.2, -0.15) is 0 Å². The van der Waals surface area contributed by atoms with Gasteiger partial charge in [-0.15, -0.1) is 0 Å². The Morgan fingerprint density at radius 2 is 1.82 bits per heavy atom. The molecule has 1 saturated heterocycles. The number of nitrogens with zero attached hydrogens (tertiary/aromatic N) is 2. The van der Waals surface area contributed by atoms with Crippen molar-refractivity contribution in [3.63, 3.8) is 0 Å². The van der Waals surface area contributed by atoms with Crippen LogP contribution in [0.25, 0.3) is 0 Å². The van der Waals surface area contributed by atoms with E-state index in [-0.39, 0.29) is 18.2 Å². The molecule has 1 aliphatic heterocycles. The highest BCUT2D eigenvalue weighted by Crippen LogP contribution is 2.21. The van der Waals surface area contributed by atoms with Crippen LogP contribution < -0.4 is 15.0 Å². The van der Waals surface area contributed by atoms with Crippen LogP contribution in [0.3, 0.4) is 0 Å². The van der Waals surface area contributed by atoms with E-state index in [1.165, 1.54) is 18.4 Å². The highest BCUT2D eigenvalue weighted by Gasteiger charge is 2.23. The van der Waals surface area contributed by atoms with E-state index in [0.717, 1.165) is 43.8 Å². The van der Waals surface area contributed by atoms with Gasteiger partial charge in [0, 0.05) is 38.4 Å². The third kappa shape index (κ3) is 5.75. The first kappa shape index (κ1) is 20.2. The normalized spacial score (nSPS) is 17.1. The number of anilines is 1. The first-order valence-corrected chi connectivity index (χ1v) is 10.3. The number of benzene rings is 1. The van der Waals surface area contributed by atoms with Crippen LogP contribution >= 0.6 is 0 Å². The van der Waals surface area contributed by atoms with Crippen LogP contribution in [-0.2, 0) is 9.59 Å². The number of carbonyl (C=O) groups is 2. The number of nitrogens with one attached hydrogen (secondary N) is 1. The summed E-state index contributed by atoms with van der Waals surface area (Å²) >= 11 is 0. The van der Waals surface area contributed by atoms with Crippen molar-refractivity contribution in [3.05, 3.63) is 35.9 Å². The smallest absolute Gasteiger partial charge is 0.232 e. The fraction of sp³-hybridized carbons (Fsp3) is 0.545. The first-order valence-electron chi connectivity index (χ1n) is 10.3. The minimum atomic E-state index is -0.168. The summed E-state index contributed by atoms with van der Waals surface area (Å²) in [5, 5.41) is 2.90. The van der Waals surface area contributed by atoms with Gasteiger partial charge < -0.3 is 19.9 Å². The summed E-state index contributed by atoms with van der Waals surface area (Å²) in [5.74, 6) is 0.589. The standard InChI is InChI=1S/C22H31N3O3/c1-28-20-9-7-19(8-10-20)24-13-15-25(16-14-24)22(27)17-21(26)23-12-11-18-5-3-2-4-6-18/h5,7-10H,2-4,6,11-17H2,1H3,(H,23,26). The molecule has 1 N–H and O–H groups in total. The maximum atomic E-state index is 12.4. The second-order valence-electron chi connectivity index (χ2n) is 7.45. The lowest BCUT2D eigenvalue weighted by molar-refractivity contribution is -0.136. The molecule has 1 fully saturated rings. The molecule has 6 heteroatoms. The van der Waals surface area contributed by atoms with Crippen LogP contribution in [0.4, 0.5) is 5.69 Å². The quantitative estimate of drug-likeness (QED) is 0.579. The van der Waals surface area contributed by atoms with E-state index in [0.29, 0.717) is 19.6 Å². The predicted octanol–water partition coefficient (Wildman–Crippen LogP) is 2.74. The summed E-state index contributed by atoms with van der Waals surface area (Å²) in [7, 11) is 1.66. The Morgan fingerprint density at radius 1 is 1.07 bits per heavy atom. The zero-order chi connectivity index (χ0) is 19.8. The molecule has 0 spiro atoms. The Balaban J connectivity index is 1.37. The fourth-order valence-electron chi connectivity index (χ4n) is 3.81. The molecule has 0 aromatic heterocycles. The van der Waals surface area contributed by atoms with Gasteiger partial charge in [-0.25, -0.2) is 0 Å². The lowest BCUT2D eigenvalue weighted by Gasteiger charge is -2.36. The maximum Gasteiger partial charge on any atom is 0.232 e. The van der Waals surface area contributed by atoms with Crippen LogP contribution in [0.1, 0.15) is 38.5 Å². The van der Waals surface area contributed by atoms with Crippen molar-refractivity contribution in [1.82, 2.24) is 10.2 Å². The predicted molar refractivity (Wildman–Crippen MR) is 111 cm³/mol. The average molecular weight is 386 g/mol. The van der Waals surface area contributed by atoms with Crippen molar-refractivity contribution < 1.29 is 14.3 Å². The highest BCUT2D eigenvalue weighted by atomic mass is 16.5. The molecule has 0 bridgehead atoms. The average Bonchev–Trinajstić information content (AvgIpc) is 2.74. The molecule has 0 saturated carbocycles. The summed E-state index contributed by atoms with van der Waals surface area (Å²) < 4.78 is 5.19. The number of methoxy groups -OCH3 is 1. The SMILES string of the molecule is COc1ccc(N2CCN(C(=O)CC(=O)NCCC3=CCCCC3)CC2)cc1. The summed E-state index contributed by atoms with van der Waals surface area (Å²) in [6, 6.07) is 7.96. The molecule has 1 aromatic rings. The molecule has 1 heterocycles. The van der Waals surface area contributed by atoms with Crippen molar-refractivity contribution in [2.45, 2.75) is 38.5 Å². The molecule has 3 rings (SSSR count). The maximum absolute atomic E-state index is 12.4. The van der Waals surface area contributed by atoms with Crippen LogP contribution in [0.2, 0.25) is 0 Å². The monoisotopic (exact) mass is 385 g/mol. The second kappa shape index (κ2) is 10.2. The third-order valence-electron chi connectivity index (χ3n) is 5.54. The Hall–Kier alpha value is -2.50. The number of hydrogen-bond acceptors (Lipinski definition) is 4. The van der Waals surface area contributed by atoms with Crippen LogP contribution in [0.5, 0.6) is 5.75 Å². The van der Waals surface area contributed by atoms with E-state index < -0.39 is 0 Å². The van der Waals surface area contributed by atoms with Gasteiger partial charge in [0.1, 0.15) is 12.2 Å². The van der Waals surface area contributed by atoms with Gasteiger partial charge in [0.05, 0.1) is 7.11 Å². The highest BCUT2D eigenvalue weighted by molar-refractivity contribution is 5.97. The molecule has 28 heavy (non-hydrogen) atoms. The number of allylic oxidation sites excluding steroid dienone is 1. The number of amides is 2. The van der Waals surface area contributed by atoms with E-state index in [2.05, 4.69) is 16.3 Å². The Bertz CT molecular complexity index is 691. The van der Waals surface area contributed by atoms with Gasteiger partial charge in [0.15, 0.2) is 0 Å². The Kier molecular flexibility index (Phi) is 7.34. The molecular weight excluding hydrogens is 354 g/mol. The van der Waals surface area contributed by atoms with Crippen molar-refractivity contribution >= 4 is 17.5 Å². The molecule has 1 aliphatic carbocycles. The van der Waals surface area contributed by atoms with E-state index in [4.69, 9.17) is 4.74 Å². The number of piperazine rings is 1. The molecule has 2 aliphatic rings. The van der Waals surface area contributed by atoms with Crippen LogP contribution in [0.15, 0.2) is 35.9 Å². The number of ether oxygens (including phenoxy) is 1. The lowest BCUT2D eigenvalue weighted by Crippen LogP contribution is -2.49. The first-order chi connectivity index (χ1) is 13.7. The van der Waals surface area contributed by atoms with Gasteiger partial charge >= 0.3 is 0 Å². The van der Waals surface area contributed by atoms with E-state index in [1.807, 2.05) is 24.3 Å². The van der Waals surface area contributed by atoms with Crippen molar-refractivity contribution in [2.24, 2.45) is 0 Å². The van der Waals surface area contributed by atoms with Gasteiger partial charge in [0.2, 0.25) is 11.8 Å². The number of carbonyl (C=O) groups excluding carboxylic acids is 2. The summed E-state index contributed by atoms with van der Waals surface area (Å²) in [4.78, 5) is 28.5. The molecule has 152 valence electrons. The van der Waals surface area contributed by atoms with Crippen LogP contribution in [0, 0.1) is 0 Å². The molecule has 0 atom stereocenters. The molecule has 1 aromatic carbocycles. The minimum Gasteiger partial charge on any atom is -0.497 e. The molecule has 0 radical (unpaired) electrons. The Labute approximate surface area is 167 Å². The van der Waals surface area contributed by atoms with Gasteiger partial charge in [-0.05, 0) is 56.4 Å². The molecular formula is C22H31N3O3. The van der Waals surface area contributed by atoms with E-state index in [9.17, 15) is 9.59 Å². The van der Waals surface area contributed by atoms with Crippen molar-refractivity contribution in [3.8, 4) is 5.75 Å². The van der Waals surface area contributed by atoms with Gasteiger partial charge in [-0.3, -0.25) is 9.59 Å². The van der Waals surface area contributed by atoms with E-state index >= 15 is 0 Å². The van der Waals surface area contributed by atoms with Crippen molar-refractivity contribution in [1.29, 1.82) is 0 Å². The number of hydrogen-bond donors (Lipinski definition) is 1. The summed E-state index contributed by atoms with van der Waals surface area (Å²) in [5.41, 5.74) is 2.56. The fourth-order valence-corrected chi connectivity index (χ4v) is 3.81. The Morgan fingerprint density at radius 3 is 2.46 bits per heavy atom. The summed E-state index contributed by atoms with van der Waals surface area (Å²) in [6.45, 7) is 3.46. The second-order valence-corrected chi connectivity index (χ2v) is 7.45. The van der Waals surface area contributed by atoms with Gasteiger partial charge in [0.25, 0.3) is 0 Å². The number of rotatable bonds is 7. The van der Waals surface area contributed by atoms with Crippen molar-refractivity contribution in [2.75, 3.05) is 44.7 Å². The third-order valence-corrected chi connectivity index (χ3v) is 5.54. The minimum absolute atomic E-state index is 0.0540. The van der Waals surface area contributed by atoms with Gasteiger partial charge in [-0.1, -0.05) is 11.6 Å². The lowest BCUT2D eigenvalue weighted by atomic mass is 9.97. The zero-order valence-corrected chi connectivity index (χ0v) is 16.8.